The van der Waals surface area contributed by atoms with Gasteiger partial charge in [-0.1, -0.05) is 25.5 Å². The lowest BCUT2D eigenvalue weighted by Gasteiger charge is -2.37. The van der Waals surface area contributed by atoms with Gasteiger partial charge < -0.3 is 19.5 Å². The van der Waals surface area contributed by atoms with Crippen LogP contribution in [0.15, 0.2) is 36.4 Å². The second-order valence-electron chi connectivity index (χ2n) is 6.56. The summed E-state index contributed by atoms with van der Waals surface area (Å²) in [5.41, 5.74) is 3.56. The molecule has 3 rings (SSSR count). The van der Waals surface area contributed by atoms with Crippen molar-refractivity contribution in [1.29, 1.82) is 0 Å². The molecule has 0 saturated carbocycles. The molecule has 0 saturated heterocycles. The van der Waals surface area contributed by atoms with E-state index in [-0.39, 0.29) is 12.1 Å². The van der Waals surface area contributed by atoms with Crippen LogP contribution in [0.1, 0.15) is 42.8 Å². The molecule has 0 aliphatic carbocycles. The van der Waals surface area contributed by atoms with Gasteiger partial charge in [0, 0.05) is 31.0 Å². The number of rotatable bonds is 5. The van der Waals surface area contributed by atoms with Crippen LogP contribution in [-0.2, 0) is 13.1 Å². The fraction of sp³-hybridized carbons (Fsp3) is 0.450. The quantitative estimate of drug-likeness (QED) is 0.897. The van der Waals surface area contributed by atoms with E-state index in [2.05, 4.69) is 35.9 Å². The van der Waals surface area contributed by atoms with Crippen molar-refractivity contribution in [1.82, 2.24) is 14.8 Å². The van der Waals surface area contributed by atoms with Gasteiger partial charge in [-0.25, -0.2) is 4.79 Å². The number of aryl methyl sites for hydroxylation is 1. The first-order valence-electron chi connectivity index (χ1n) is 8.97. The lowest BCUT2D eigenvalue weighted by atomic mass is 10.0. The number of urea groups is 1. The van der Waals surface area contributed by atoms with Gasteiger partial charge in [-0.2, -0.15) is 0 Å². The van der Waals surface area contributed by atoms with E-state index in [0.717, 1.165) is 37.2 Å². The van der Waals surface area contributed by atoms with Crippen LogP contribution in [0.5, 0.6) is 5.75 Å². The predicted octanol–water partition coefficient (Wildman–Crippen LogP) is 3.87. The molecule has 5 heteroatoms. The molecule has 1 unspecified atom stereocenters. The van der Waals surface area contributed by atoms with E-state index in [0.29, 0.717) is 6.54 Å². The van der Waals surface area contributed by atoms with Gasteiger partial charge >= 0.3 is 6.03 Å². The molecule has 0 radical (unpaired) electrons. The third kappa shape index (κ3) is 3.65. The summed E-state index contributed by atoms with van der Waals surface area (Å²) in [6.45, 7) is 6.41. The van der Waals surface area contributed by atoms with Crippen LogP contribution in [0, 0.1) is 6.92 Å². The zero-order chi connectivity index (χ0) is 17.8. The third-order valence-electron chi connectivity index (χ3n) is 4.92. The molecular formula is C20H27N3O2. The molecule has 2 aromatic rings. The number of benzene rings is 1. The van der Waals surface area contributed by atoms with Gasteiger partial charge in [-0.05, 0) is 43.2 Å². The second-order valence-corrected chi connectivity index (χ2v) is 6.56. The van der Waals surface area contributed by atoms with Crippen molar-refractivity contribution >= 4 is 6.03 Å². The van der Waals surface area contributed by atoms with E-state index >= 15 is 0 Å². The number of fused-ring (bicyclic) bond motifs is 1. The smallest absolute Gasteiger partial charge is 0.318 e. The molecule has 1 atom stereocenters. The molecule has 0 fully saturated rings. The number of hydrogen-bond donors (Lipinski definition) is 1. The van der Waals surface area contributed by atoms with E-state index in [1.165, 1.54) is 11.4 Å². The van der Waals surface area contributed by atoms with Crippen LogP contribution in [-0.4, -0.2) is 29.2 Å². The summed E-state index contributed by atoms with van der Waals surface area (Å²) in [5, 5.41) is 3.07. The molecule has 1 N–H and O–H groups in total. The number of amides is 2. The van der Waals surface area contributed by atoms with E-state index < -0.39 is 0 Å². The molecule has 134 valence electrons. The van der Waals surface area contributed by atoms with Gasteiger partial charge in [0.1, 0.15) is 5.75 Å². The Morgan fingerprint density at radius 1 is 1.28 bits per heavy atom. The Kier molecular flexibility index (Phi) is 5.31. The molecule has 1 aromatic carbocycles. The topological polar surface area (TPSA) is 46.5 Å². The van der Waals surface area contributed by atoms with Crippen LogP contribution in [0.25, 0.3) is 0 Å². The highest BCUT2D eigenvalue weighted by atomic mass is 16.5. The Labute approximate surface area is 149 Å². The van der Waals surface area contributed by atoms with Gasteiger partial charge in [0.05, 0.1) is 13.2 Å². The normalized spacial score (nSPS) is 16.4. The third-order valence-corrected chi connectivity index (χ3v) is 4.92. The summed E-state index contributed by atoms with van der Waals surface area (Å²) in [6, 6.07) is 12.3. The SMILES string of the molecule is CCCC1c2ccc(C)n2CCN1C(=O)NCc1cccc(OC)c1. The van der Waals surface area contributed by atoms with Crippen LogP contribution in [0.3, 0.4) is 0 Å². The molecule has 1 aromatic heterocycles. The largest absolute Gasteiger partial charge is 0.497 e. The summed E-state index contributed by atoms with van der Waals surface area (Å²) in [5.74, 6) is 0.807. The molecule has 0 bridgehead atoms. The first kappa shape index (κ1) is 17.4. The number of ether oxygens (including phenoxy) is 1. The van der Waals surface area contributed by atoms with Crippen LogP contribution < -0.4 is 10.1 Å². The average molecular weight is 341 g/mol. The number of carbonyl (C=O) groups excluding carboxylic acids is 1. The minimum Gasteiger partial charge on any atom is -0.497 e. The maximum Gasteiger partial charge on any atom is 0.318 e. The second kappa shape index (κ2) is 7.64. The standard InChI is InChI=1S/C20H27N3O2/c1-4-6-18-19-10-9-15(2)22(19)11-12-23(18)20(24)21-14-16-7-5-8-17(13-16)25-3/h5,7-10,13,18H,4,6,11-12,14H2,1-3H3,(H,21,24). The van der Waals surface area contributed by atoms with Crippen molar-refractivity contribution in [2.75, 3.05) is 13.7 Å². The van der Waals surface area contributed by atoms with Crippen LogP contribution in [0.4, 0.5) is 4.79 Å². The molecular weight excluding hydrogens is 314 g/mol. The van der Waals surface area contributed by atoms with Gasteiger partial charge in [0.15, 0.2) is 0 Å². The molecule has 5 nitrogen and oxygen atoms in total. The predicted molar refractivity (Wildman–Crippen MR) is 98.8 cm³/mol. The Bertz CT molecular complexity index is 738. The van der Waals surface area contributed by atoms with Gasteiger partial charge in [0.25, 0.3) is 0 Å². The lowest BCUT2D eigenvalue weighted by molar-refractivity contribution is 0.150. The Morgan fingerprint density at radius 2 is 2.12 bits per heavy atom. The van der Waals surface area contributed by atoms with Gasteiger partial charge in [0.2, 0.25) is 0 Å². The van der Waals surface area contributed by atoms with Crippen molar-refractivity contribution in [3.8, 4) is 5.75 Å². The zero-order valence-corrected chi connectivity index (χ0v) is 15.3. The summed E-state index contributed by atoms with van der Waals surface area (Å²) in [7, 11) is 1.65. The van der Waals surface area contributed by atoms with Crippen molar-refractivity contribution < 1.29 is 9.53 Å². The van der Waals surface area contributed by atoms with Crippen molar-refractivity contribution in [3.05, 3.63) is 53.3 Å². The Hall–Kier alpha value is -2.43. The molecule has 2 heterocycles. The van der Waals surface area contributed by atoms with E-state index in [9.17, 15) is 4.79 Å². The molecule has 25 heavy (non-hydrogen) atoms. The maximum atomic E-state index is 12.8. The first-order valence-corrected chi connectivity index (χ1v) is 8.97. The number of nitrogens with zero attached hydrogens (tertiary/aromatic N) is 2. The minimum atomic E-state index is 0.00590. The van der Waals surface area contributed by atoms with E-state index in [4.69, 9.17) is 4.74 Å². The van der Waals surface area contributed by atoms with E-state index in [1.807, 2.05) is 29.2 Å². The molecule has 1 aliphatic heterocycles. The average Bonchev–Trinajstić information content (AvgIpc) is 3.02. The van der Waals surface area contributed by atoms with Crippen molar-refractivity contribution in [2.24, 2.45) is 0 Å². The van der Waals surface area contributed by atoms with Crippen molar-refractivity contribution in [2.45, 2.75) is 45.8 Å². The number of nitrogens with one attached hydrogen (secondary N) is 1. The highest BCUT2D eigenvalue weighted by molar-refractivity contribution is 5.75. The highest BCUT2D eigenvalue weighted by Crippen LogP contribution is 2.31. The summed E-state index contributed by atoms with van der Waals surface area (Å²) >= 11 is 0. The fourth-order valence-electron chi connectivity index (χ4n) is 3.59. The maximum absolute atomic E-state index is 12.8. The number of hydrogen-bond acceptors (Lipinski definition) is 2. The molecule has 2 amide bonds. The van der Waals surface area contributed by atoms with Crippen molar-refractivity contribution in [3.63, 3.8) is 0 Å². The Morgan fingerprint density at radius 3 is 2.88 bits per heavy atom. The first-order chi connectivity index (χ1) is 12.1. The fourth-order valence-corrected chi connectivity index (χ4v) is 3.59. The van der Waals surface area contributed by atoms with Crippen LogP contribution >= 0.6 is 0 Å². The highest BCUT2D eigenvalue weighted by Gasteiger charge is 2.30. The van der Waals surface area contributed by atoms with E-state index in [1.54, 1.807) is 7.11 Å². The monoisotopic (exact) mass is 341 g/mol. The van der Waals surface area contributed by atoms with Gasteiger partial charge in [-0.3, -0.25) is 0 Å². The lowest BCUT2D eigenvalue weighted by Crippen LogP contribution is -2.46. The molecule has 1 aliphatic rings. The number of aromatic nitrogens is 1. The molecule has 0 spiro atoms. The summed E-state index contributed by atoms with van der Waals surface area (Å²) < 4.78 is 7.58. The summed E-state index contributed by atoms with van der Waals surface area (Å²) in [4.78, 5) is 14.8. The number of methoxy groups -OCH3 is 1. The zero-order valence-electron chi connectivity index (χ0n) is 15.3. The van der Waals surface area contributed by atoms with Crippen LogP contribution in [0.2, 0.25) is 0 Å². The summed E-state index contributed by atoms with van der Waals surface area (Å²) in [6.07, 6.45) is 2.03. The minimum absolute atomic E-state index is 0.00590. The number of carbonyl (C=O) groups is 1. The van der Waals surface area contributed by atoms with Gasteiger partial charge in [-0.15, -0.1) is 0 Å². The Balaban J connectivity index is 1.70.